The molecule has 1 atom stereocenters. The lowest BCUT2D eigenvalue weighted by Gasteiger charge is -2.28. The Kier molecular flexibility index (Phi) is 5.77. The van der Waals surface area contributed by atoms with Gasteiger partial charge in [-0.1, -0.05) is 48.8 Å². The molecule has 2 heterocycles. The van der Waals surface area contributed by atoms with E-state index in [1.165, 1.54) is 24.0 Å². The molecule has 1 aromatic carbocycles. The highest BCUT2D eigenvalue weighted by molar-refractivity contribution is 5.96. The molecule has 0 bridgehead atoms. The number of carbonyl (C=O) groups excluding carboxylic acids is 1. The number of amides is 1. The molecule has 0 radical (unpaired) electrons. The molecule has 1 amide bonds. The van der Waals surface area contributed by atoms with Crippen LogP contribution in [0, 0.1) is 13.8 Å². The third-order valence-corrected chi connectivity index (χ3v) is 5.14. The molecule has 0 spiro atoms. The Labute approximate surface area is 155 Å². The first-order chi connectivity index (χ1) is 12.5. The molecular formula is C21H29N3O2. The fourth-order valence-electron chi connectivity index (χ4n) is 3.63. The molecule has 3 rings (SSSR count). The van der Waals surface area contributed by atoms with E-state index in [1.807, 2.05) is 20.8 Å². The molecule has 1 aliphatic rings. The van der Waals surface area contributed by atoms with Crippen molar-refractivity contribution >= 4 is 5.91 Å². The maximum atomic E-state index is 12.8. The lowest BCUT2D eigenvalue weighted by molar-refractivity contribution is 0.0935. The van der Waals surface area contributed by atoms with Gasteiger partial charge < -0.3 is 9.84 Å². The van der Waals surface area contributed by atoms with E-state index in [1.54, 1.807) is 0 Å². The number of hydrogen-bond donors (Lipinski definition) is 1. The molecule has 0 aliphatic carbocycles. The quantitative estimate of drug-likeness (QED) is 0.851. The van der Waals surface area contributed by atoms with Gasteiger partial charge in [0.05, 0.1) is 11.7 Å². The minimum atomic E-state index is -0.0937. The number of benzene rings is 1. The molecule has 0 saturated carbocycles. The first-order valence-electron chi connectivity index (χ1n) is 9.52. The predicted molar refractivity (Wildman–Crippen MR) is 102 cm³/mol. The van der Waals surface area contributed by atoms with Crippen molar-refractivity contribution in [2.45, 2.75) is 52.5 Å². The molecule has 1 saturated heterocycles. The van der Waals surface area contributed by atoms with Gasteiger partial charge in [-0.2, -0.15) is 0 Å². The molecule has 5 heteroatoms. The van der Waals surface area contributed by atoms with Crippen LogP contribution in [0.2, 0.25) is 0 Å². The Morgan fingerprint density at radius 2 is 1.85 bits per heavy atom. The lowest BCUT2D eigenvalue weighted by Crippen LogP contribution is -2.37. The summed E-state index contributed by atoms with van der Waals surface area (Å²) in [5, 5.41) is 7.12. The van der Waals surface area contributed by atoms with Crippen LogP contribution in [-0.4, -0.2) is 35.6 Å². The highest BCUT2D eigenvalue weighted by Crippen LogP contribution is 2.26. The summed E-state index contributed by atoms with van der Waals surface area (Å²) in [6, 6.07) is 8.83. The summed E-state index contributed by atoms with van der Waals surface area (Å²) in [6.07, 6.45) is 2.44. The zero-order valence-corrected chi connectivity index (χ0v) is 16.2. The molecule has 26 heavy (non-hydrogen) atoms. The summed E-state index contributed by atoms with van der Waals surface area (Å²) < 4.78 is 5.36. The van der Waals surface area contributed by atoms with Crippen molar-refractivity contribution in [1.82, 2.24) is 15.4 Å². The van der Waals surface area contributed by atoms with Crippen molar-refractivity contribution in [3.63, 3.8) is 0 Å². The van der Waals surface area contributed by atoms with Crippen molar-refractivity contribution in [1.29, 1.82) is 0 Å². The average molecular weight is 355 g/mol. The topological polar surface area (TPSA) is 58.4 Å². The number of carbonyl (C=O) groups is 1. The van der Waals surface area contributed by atoms with Crippen LogP contribution in [0.25, 0.3) is 0 Å². The van der Waals surface area contributed by atoms with Crippen molar-refractivity contribution in [3.8, 4) is 0 Å². The molecule has 2 aromatic rings. The summed E-state index contributed by atoms with van der Waals surface area (Å²) in [4.78, 5) is 15.3. The van der Waals surface area contributed by atoms with E-state index >= 15 is 0 Å². The second-order valence-electron chi connectivity index (χ2n) is 7.54. The number of nitrogens with zero attached hydrogens (tertiary/aromatic N) is 2. The highest BCUT2D eigenvalue weighted by Gasteiger charge is 2.26. The first kappa shape index (κ1) is 18.6. The van der Waals surface area contributed by atoms with E-state index in [4.69, 9.17) is 4.52 Å². The normalized spacial score (nSPS) is 16.2. The number of aryl methyl sites for hydroxylation is 2. The summed E-state index contributed by atoms with van der Waals surface area (Å²) in [6.45, 7) is 10.7. The Morgan fingerprint density at radius 3 is 2.46 bits per heavy atom. The van der Waals surface area contributed by atoms with Crippen LogP contribution in [-0.2, 0) is 0 Å². The molecule has 1 aliphatic heterocycles. The lowest BCUT2D eigenvalue weighted by atomic mass is 10.0. The van der Waals surface area contributed by atoms with Crippen molar-refractivity contribution in [2.24, 2.45) is 0 Å². The van der Waals surface area contributed by atoms with Crippen molar-refractivity contribution in [3.05, 3.63) is 52.4 Å². The van der Waals surface area contributed by atoms with Gasteiger partial charge in [-0.05, 0) is 45.3 Å². The number of hydrogen-bond acceptors (Lipinski definition) is 4. The molecule has 1 unspecified atom stereocenters. The third kappa shape index (κ3) is 3.98. The van der Waals surface area contributed by atoms with E-state index in [0.29, 0.717) is 23.6 Å². The zero-order chi connectivity index (χ0) is 18.7. The van der Waals surface area contributed by atoms with Gasteiger partial charge >= 0.3 is 0 Å². The van der Waals surface area contributed by atoms with Gasteiger partial charge in [-0.15, -0.1) is 0 Å². The zero-order valence-electron chi connectivity index (χ0n) is 16.2. The minimum Gasteiger partial charge on any atom is -0.360 e. The number of aromatic nitrogens is 1. The van der Waals surface area contributed by atoms with E-state index in [2.05, 4.69) is 46.6 Å². The van der Waals surface area contributed by atoms with Gasteiger partial charge in [0, 0.05) is 12.5 Å². The monoisotopic (exact) mass is 355 g/mol. The van der Waals surface area contributed by atoms with E-state index in [9.17, 15) is 4.79 Å². The first-order valence-corrected chi connectivity index (χ1v) is 9.52. The fraction of sp³-hybridized carbons (Fsp3) is 0.524. The Hall–Kier alpha value is -2.14. The minimum absolute atomic E-state index is 0.0937. The summed E-state index contributed by atoms with van der Waals surface area (Å²) in [5.41, 5.74) is 3.74. The molecule has 1 aromatic heterocycles. The second kappa shape index (κ2) is 8.04. The maximum Gasteiger partial charge on any atom is 0.256 e. The fourth-order valence-corrected chi connectivity index (χ4v) is 3.63. The van der Waals surface area contributed by atoms with Gasteiger partial charge in [0.1, 0.15) is 5.56 Å². The van der Waals surface area contributed by atoms with Crippen LogP contribution in [0.1, 0.15) is 71.6 Å². The van der Waals surface area contributed by atoms with Crippen LogP contribution in [0.4, 0.5) is 0 Å². The Morgan fingerprint density at radius 1 is 1.19 bits per heavy atom. The molecule has 1 N–H and O–H groups in total. The number of nitrogens with one attached hydrogen (secondary N) is 1. The van der Waals surface area contributed by atoms with Crippen LogP contribution in [0.5, 0.6) is 0 Å². The predicted octanol–water partition coefficient (Wildman–Crippen LogP) is 3.98. The van der Waals surface area contributed by atoms with Crippen molar-refractivity contribution in [2.75, 3.05) is 19.6 Å². The van der Waals surface area contributed by atoms with Gasteiger partial charge in [-0.25, -0.2) is 0 Å². The maximum absolute atomic E-state index is 12.8. The summed E-state index contributed by atoms with van der Waals surface area (Å²) in [5.74, 6) is 0.695. The largest absolute Gasteiger partial charge is 0.360 e. The van der Waals surface area contributed by atoms with Gasteiger partial charge in [0.2, 0.25) is 0 Å². The standard InChI is InChI=1S/C21H29N3O2/c1-14(2)20-19(16(4)23-26-20)21(25)22-13-18(24-11-5-6-12-24)17-9-7-15(3)8-10-17/h7-10,14,18H,5-6,11-13H2,1-4H3,(H,22,25). The smallest absolute Gasteiger partial charge is 0.256 e. The van der Waals surface area contributed by atoms with Gasteiger partial charge in [0.25, 0.3) is 5.91 Å². The van der Waals surface area contributed by atoms with Crippen LogP contribution in [0.15, 0.2) is 28.8 Å². The van der Waals surface area contributed by atoms with Gasteiger partial charge in [-0.3, -0.25) is 9.69 Å². The Balaban J connectivity index is 1.76. The molecule has 140 valence electrons. The molecule has 1 fully saturated rings. The van der Waals surface area contributed by atoms with Crippen molar-refractivity contribution < 1.29 is 9.32 Å². The van der Waals surface area contributed by atoms with E-state index < -0.39 is 0 Å². The molecular weight excluding hydrogens is 326 g/mol. The third-order valence-electron chi connectivity index (χ3n) is 5.14. The molecule has 5 nitrogen and oxygen atoms in total. The number of likely N-dealkylation sites (tertiary alicyclic amines) is 1. The Bertz CT molecular complexity index is 743. The van der Waals surface area contributed by atoms with Gasteiger partial charge in [0.15, 0.2) is 5.76 Å². The summed E-state index contributed by atoms with van der Waals surface area (Å²) >= 11 is 0. The average Bonchev–Trinajstić information content (AvgIpc) is 3.26. The highest BCUT2D eigenvalue weighted by atomic mass is 16.5. The van der Waals surface area contributed by atoms with Crippen LogP contribution in [0.3, 0.4) is 0 Å². The SMILES string of the molecule is Cc1ccc(C(CNC(=O)c2c(C)noc2C(C)C)N2CCCC2)cc1. The van der Waals surface area contributed by atoms with E-state index in [0.717, 1.165) is 13.1 Å². The number of rotatable bonds is 6. The van der Waals surface area contributed by atoms with E-state index in [-0.39, 0.29) is 17.9 Å². The second-order valence-corrected chi connectivity index (χ2v) is 7.54. The van der Waals surface area contributed by atoms with Crippen LogP contribution >= 0.6 is 0 Å². The summed E-state index contributed by atoms with van der Waals surface area (Å²) in [7, 11) is 0. The van der Waals surface area contributed by atoms with Crippen LogP contribution < -0.4 is 5.32 Å².